The number of nitrogens with zero attached hydrogens (tertiary/aromatic N) is 5. The van der Waals surface area contributed by atoms with E-state index in [1.807, 2.05) is 19.1 Å². The van der Waals surface area contributed by atoms with Crippen molar-refractivity contribution in [2.45, 2.75) is 20.0 Å². The molecule has 0 atom stereocenters. The number of likely N-dealkylation sites (N-methyl/N-ethyl adjacent to an activating group) is 1. The molecule has 1 aromatic carbocycles. The average Bonchev–Trinajstić information content (AvgIpc) is 3.16. The van der Waals surface area contributed by atoms with Crippen LogP contribution in [-0.2, 0) is 17.9 Å². The number of hydrogen-bond donors (Lipinski definition) is 0. The van der Waals surface area contributed by atoms with Crippen molar-refractivity contribution in [1.29, 1.82) is 0 Å². The molecule has 3 aromatic rings. The Morgan fingerprint density at radius 3 is 2.88 bits per heavy atom. The van der Waals surface area contributed by atoms with Gasteiger partial charge in [-0.15, -0.1) is 10.2 Å². The monoisotopic (exact) mass is 329 g/mol. The Morgan fingerprint density at radius 1 is 1.33 bits per heavy atom. The summed E-state index contributed by atoms with van der Waals surface area (Å²) in [5.74, 6) is 1.20. The maximum atomic E-state index is 13.2. The number of benzene rings is 1. The van der Waals surface area contributed by atoms with Gasteiger partial charge in [0.2, 0.25) is 11.7 Å². The molecule has 0 unspecified atom stereocenters. The molecule has 7 nitrogen and oxygen atoms in total. The second-order valence-corrected chi connectivity index (χ2v) is 5.42. The van der Waals surface area contributed by atoms with Crippen molar-refractivity contribution < 1.29 is 13.6 Å². The maximum Gasteiger partial charge on any atom is 0.246 e. The summed E-state index contributed by atoms with van der Waals surface area (Å²) in [6.07, 6.45) is 0. The first-order valence-corrected chi connectivity index (χ1v) is 7.34. The van der Waals surface area contributed by atoms with Crippen molar-refractivity contribution in [3.8, 4) is 11.4 Å². The fourth-order valence-electron chi connectivity index (χ4n) is 2.19. The molecule has 0 aliphatic heterocycles. The molecule has 1 amide bonds. The van der Waals surface area contributed by atoms with E-state index in [-0.39, 0.29) is 24.1 Å². The number of halogens is 1. The summed E-state index contributed by atoms with van der Waals surface area (Å²) in [6, 6.07) is 9.57. The molecular weight excluding hydrogens is 313 g/mol. The molecule has 0 N–H and O–H groups in total. The third kappa shape index (κ3) is 3.65. The molecule has 0 radical (unpaired) electrons. The highest BCUT2D eigenvalue weighted by molar-refractivity contribution is 5.75. The predicted molar refractivity (Wildman–Crippen MR) is 83.1 cm³/mol. The fourth-order valence-corrected chi connectivity index (χ4v) is 2.19. The second kappa shape index (κ2) is 6.61. The normalized spacial score (nSPS) is 10.8. The molecule has 24 heavy (non-hydrogen) atoms. The lowest BCUT2D eigenvalue weighted by molar-refractivity contribution is -0.131. The molecule has 0 saturated carbocycles. The zero-order chi connectivity index (χ0) is 17.1. The first kappa shape index (κ1) is 15.9. The van der Waals surface area contributed by atoms with Crippen molar-refractivity contribution in [2.24, 2.45) is 0 Å². The van der Waals surface area contributed by atoms with Crippen molar-refractivity contribution in [3.05, 3.63) is 53.7 Å². The summed E-state index contributed by atoms with van der Waals surface area (Å²) in [5, 5.41) is 11.8. The molecule has 8 heteroatoms. The summed E-state index contributed by atoms with van der Waals surface area (Å²) in [5.41, 5.74) is 0.508. The number of hydrogen-bond acceptors (Lipinski definition) is 5. The van der Waals surface area contributed by atoms with Gasteiger partial charge in [-0.3, -0.25) is 4.79 Å². The van der Waals surface area contributed by atoms with Crippen LogP contribution in [-0.4, -0.2) is 38.1 Å². The standard InChI is InChI=1S/C16H16FN5O2/c1-11-6-7-14(24-11)9-21(2)15(23)10-22-19-16(18-20-22)12-4-3-5-13(17)8-12/h3-8H,9-10H2,1-2H3. The van der Waals surface area contributed by atoms with Crippen molar-refractivity contribution >= 4 is 5.91 Å². The number of carbonyl (C=O) groups excluding carboxylic acids is 1. The van der Waals surface area contributed by atoms with E-state index < -0.39 is 0 Å². The SMILES string of the molecule is Cc1ccc(CN(C)C(=O)Cn2nnc(-c3cccc(F)c3)n2)o1. The maximum absolute atomic E-state index is 13.2. The number of aryl methyl sites for hydroxylation is 1. The quantitative estimate of drug-likeness (QED) is 0.716. The minimum absolute atomic E-state index is 0.0570. The van der Waals surface area contributed by atoms with Gasteiger partial charge in [0, 0.05) is 12.6 Å². The van der Waals surface area contributed by atoms with E-state index in [2.05, 4.69) is 15.4 Å². The molecular formula is C16H16FN5O2. The highest BCUT2D eigenvalue weighted by atomic mass is 19.1. The Bertz CT molecular complexity index is 858. The van der Waals surface area contributed by atoms with Crippen LogP contribution in [0, 0.1) is 12.7 Å². The van der Waals surface area contributed by atoms with Gasteiger partial charge in [-0.05, 0) is 36.4 Å². The van der Waals surface area contributed by atoms with Gasteiger partial charge in [-0.25, -0.2) is 4.39 Å². The third-order valence-electron chi connectivity index (χ3n) is 3.43. The van der Waals surface area contributed by atoms with Crippen LogP contribution in [0.1, 0.15) is 11.5 Å². The van der Waals surface area contributed by atoms with Crippen LogP contribution < -0.4 is 0 Å². The zero-order valence-electron chi connectivity index (χ0n) is 13.3. The Hall–Kier alpha value is -3.03. The summed E-state index contributed by atoms with van der Waals surface area (Å²) in [6.45, 7) is 2.15. The van der Waals surface area contributed by atoms with Crippen LogP contribution in [0.4, 0.5) is 4.39 Å². The lowest BCUT2D eigenvalue weighted by atomic mass is 10.2. The second-order valence-electron chi connectivity index (χ2n) is 5.42. The molecule has 0 saturated heterocycles. The highest BCUT2D eigenvalue weighted by Crippen LogP contribution is 2.14. The van der Waals surface area contributed by atoms with Crippen molar-refractivity contribution in [3.63, 3.8) is 0 Å². The Balaban J connectivity index is 1.64. The summed E-state index contributed by atoms with van der Waals surface area (Å²) in [7, 11) is 1.67. The molecule has 0 fully saturated rings. The Kier molecular flexibility index (Phi) is 4.37. The van der Waals surface area contributed by atoms with Crippen LogP contribution in [0.2, 0.25) is 0 Å². The molecule has 0 bridgehead atoms. The molecule has 124 valence electrons. The van der Waals surface area contributed by atoms with E-state index in [4.69, 9.17) is 4.42 Å². The molecule has 2 heterocycles. The first-order chi connectivity index (χ1) is 11.5. The van der Waals surface area contributed by atoms with Gasteiger partial charge >= 0.3 is 0 Å². The van der Waals surface area contributed by atoms with E-state index in [0.717, 1.165) is 5.76 Å². The summed E-state index contributed by atoms with van der Waals surface area (Å²) < 4.78 is 18.7. The highest BCUT2D eigenvalue weighted by Gasteiger charge is 2.14. The largest absolute Gasteiger partial charge is 0.464 e. The minimum Gasteiger partial charge on any atom is -0.464 e. The first-order valence-electron chi connectivity index (χ1n) is 7.34. The lowest BCUT2D eigenvalue weighted by Crippen LogP contribution is -2.30. The van der Waals surface area contributed by atoms with Gasteiger partial charge in [0.1, 0.15) is 23.9 Å². The van der Waals surface area contributed by atoms with E-state index in [1.54, 1.807) is 19.2 Å². The average molecular weight is 329 g/mol. The number of rotatable bonds is 5. The van der Waals surface area contributed by atoms with E-state index in [1.165, 1.54) is 21.8 Å². The van der Waals surface area contributed by atoms with Crippen molar-refractivity contribution in [2.75, 3.05) is 7.05 Å². The van der Waals surface area contributed by atoms with Crippen LogP contribution >= 0.6 is 0 Å². The zero-order valence-corrected chi connectivity index (χ0v) is 13.3. The molecule has 0 spiro atoms. The molecule has 2 aromatic heterocycles. The topological polar surface area (TPSA) is 77.1 Å². The molecule has 3 rings (SSSR count). The van der Waals surface area contributed by atoms with Gasteiger partial charge in [-0.1, -0.05) is 12.1 Å². The van der Waals surface area contributed by atoms with Crippen LogP contribution in [0.3, 0.4) is 0 Å². The van der Waals surface area contributed by atoms with Gasteiger partial charge in [0.05, 0.1) is 6.54 Å². The van der Waals surface area contributed by atoms with Gasteiger partial charge in [0.25, 0.3) is 0 Å². The lowest BCUT2D eigenvalue weighted by Gasteiger charge is -2.14. The van der Waals surface area contributed by atoms with Crippen LogP contribution in [0.25, 0.3) is 11.4 Å². The number of tetrazole rings is 1. The fraction of sp³-hybridized carbons (Fsp3) is 0.250. The van der Waals surface area contributed by atoms with Gasteiger partial charge in [0.15, 0.2) is 0 Å². The smallest absolute Gasteiger partial charge is 0.246 e. The van der Waals surface area contributed by atoms with Crippen LogP contribution in [0.5, 0.6) is 0 Å². The number of furan rings is 1. The number of aromatic nitrogens is 4. The third-order valence-corrected chi connectivity index (χ3v) is 3.43. The molecule has 0 aliphatic rings. The number of carbonyl (C=O) groups is 1. The minimum atomic E-state index is -0.381. The van der Waals surface area contributed by atoms with Gasteiger partial charge in [-0.2, -0.15) is 4.80 Å². The molecule has 0 aliphatic carbocycles. The van der Waals surface area contributed by atoms with Gasteiger partial charge < -0.3 is 9.32 Å². The van der Waals surface area contributed by atoms with E-state index in [0.29, 0.717) is 17.9 Å². The Labute approximate surface area is 137 Å². The Morgan fingerprint density at radius 2 is 2.17 bits per heavy atom. The van der Waals surface area contributed by atoms with Crippen molar-refractivity contribution in [1.82, 2.24) is 25.1 Å². The summed E-state index contributed by atoms with van der Waals surface area (Å²) in [4.78, 5) is 14.9. The van der Waals surface area contributed by atoms with E-state index in [9.17, 15) is 9.18 Å². The van der Waals surface area contributed by atoms with Crippen LogP contribution in [0.15, 0.2) is 40.8 Å². The number of amides is 1. The predicted octanol–water partition coefficient (Wildman–Crippen LogP) is 2.04. The van der Waals surface area contributed by atoms with E-state index >= 15 is 0 Å². The summed E-state index contributed by atoms with van der Waals surface area (Å²) >= 11 is 0.